The van der Waals surface area contributed by atoms with Crippen molar-refractivity contribution in [3.05, 3.63) is 43.0 Å². The highest BCUT2D eigenvalue weighted by Gasteiger charge is 2.22. The maximum absolute atomic E-state index is 12.5. The Morgan fingerprint density at radius 2 is 1.90 bits per heavy atom. The third-order valence-electron chi connectivity index (χ3n) is 2.57. The summed E-state index contributed by atoms with van der Waals surface area (Å²) in [6.45, 7) is 0.468. The van der Waals surface area contributed by atoms with Gasteiger partial charge in [0.2, 0.25) is 0 Å². The fourth-order valence-corrected chi connectivity index (χ4v) is 5.66. The van der Waals surface area contributed by atoms with Gasteiger partial charge in [0.25, 0.3) is 10.0 Å². The van der Waals surface area contributed by atoms with Crippen molar-refractivity contribution in [3.63, 3.8) is 0 Å². The van der Waals surface area contributed by atoms with Gasteiger partial charge >= 0.3 is 0 Å². The second-order valence-corrected chi connectivity index (χ2v) is 8.47. The van der Waals surface area contributed by atoms with E-state index in [0.717, 1.165) is 0 Å². The van der Waals surface area contributed by atoms with Crippen LogP contribution in [0, 0.1) is 0 Å². The Morgan fingerprint density at radius 3 is 2.48 bits per heavy atom. The maximum atomic E-state index is 12.5. The van der Waals surface area contributed by atoms with Crippen molar-refractivity contribution < 1.29 is 8.42 Å². The van der Waals surface area contributed by atoms with Gasteiger partial charge in [0.1, 0.15) is 4.90 Å². The van der Waals surface area contributed by atoms with E-state index in [4.69, 9.17) is 23.2 Å². The Bertz CT molecular complexity index is 739. The highest BCUT2D eigenvalue weighted by atomic mass is 79.9. The summed E-state index contributed by atoms with van der Waals surface area (Å²) in [5.74, 6) is 0. The largest absolute Gasteiger partial charge is 0.315 e. The van der Waals surface area contributed by atoms with E-state index in [1.807, 2.05) is 0 Å². The van der Waals surface area contributed by atoms with Crippen LogP contribution in [0.1, 0.15) is 4.88 Å². The molecule has 1 aromatic heterocycles. The van der Waals surface area contributed by atoms with Crippen molar-refractivity contribution in [3.8, 4) is 0 Å². The first-order valence-electron chi connectivity index (χ1n) is 5.73. The predicted molar refractivity (Wildman–Crippen MR) is 92.1 cm³/mol. The molecule has 0 amide bonds. The predicted octanol–water partition coefficient (Wildman–Crippen LogP) is 4.34. The zero-order chi connectivity index (χ0) is 15.6. The molecule has 0 aliphatic rings. The molecule has 9 heteroatoms. The van der Waals surface area contributed by atoms with E-state index in [9.17, 15) is 8.42 Å². The molecule has 0 radical (unpaired) electrons. The fourth-order valence-electron chi connectivity index (χ4n) is 1.69. The quantitative estimate of drug-likeness (QED) is 0.743. The molecule has 21 heavy (non-hydrogen) atoms. The fraction of sp³-hybridized carbons (Fsp3) is 0.167. The lowest BCUT2D eigenvalue weighted by Gasteiger charge is -2.12. The summed E-state index contributed by atoms with van der Waals surface area (Å²) >= 11 is 16.7. The minimum Gasteiger partial charge on any atom is -0.315 e. The third-order valence-corrected chi connectivity index (χ3v) is 6.11. The molecular formula is C12H11BrCl2N2O2S2. The monoisotopic (exact) mass is 428 g/mol. The van der Waals surface area contributed by atoms with Crippen LogP contribution in [0.4, 0.5) is 5.69 Å². The molecule has 0 aliphatic heterocycles. The Hall–Kier alpha value is -0.310. The molecule has 0 unspecified atom stereocenters. The van der Waals surface area contributed by atoms with Gasteiger partial charge in [-0.15, -0.1) is 11.3 Å². The number of hydrogen-bond acceptors (Lipinski definition) is 4. The summed E-state index contributed by atoms with van der Waals surface area (Å²) in [5.41, 5.74) is 0.170. The number of halogens is 3. The van der Waals surface area contributed by atoms with E-state index >= 15 is 0 Å². The van der Waals surface area contributed by atoms with Crippen LogP contribution in [-0.4, -0.2) is 15.5 Å². The van der Waals surface area contributed by atoms with Crippen LogP contribution in [0.15, 0.2) is 32.9 Å². The first-order valence-corrected chi connectivity index (χ1v) is 9.64. The number of benzene rings is 1. The SMILES string of the molecule is CNCc1sccc1S(=O)(=O)Nc1c(Cl)cc(Br)cc1Cl. The molecule has 0 aliphatic carbocycles. The zero-order valence-corrected chi connectivity index (χ0v) is 15.5. The van der Waals surface area contributed by atoms with Crippen molar-refractivity contribution in [1.29, 1.82) is 0 Å². The Morgan fingerprint density at radius 1 is 1.29 bits per heavy atom. The van der Waals surface area contributed by atoms with Gasteiger partial charge in [-0.3, -0.25) is 4.72 Å². The summed E-state index contributed by atoms with van der Waals surface area (Å²) in [6, 6.07) is 4.71. The van der Waals surface area contributed by atoms with Crippen LogP contribution in [-0.2, 0) is 16.6 Å². The molecule has 0 saturated carbocycles. The molecule has 1 aromatic carbocycles. The topological polar surface area (TPSA) is 58.2 Å². The normalized spacial score (nSPS) is 11.6. The standard InChI is InChI=1S/C12H11BrCl2N2O2S2/c1-16-6-10-11(2-3-20-10)21(18,19)17-12-8(14)4-7(13)5-9(12)15/h2-5,16-17H,6H2,1H3. The van der Waals surface area contributed by atoms with Crippen molar-refractivity contribution in [2.75, 3.05) is 11.8 Å². The lowest BCUT2D eigenvalue weighted by atomic mass is 10.3. The van der Waals surface area contributed by atoms with E-state index < -0.39 is 10.0 Å². The first kappa shape index (κ1) is 17.1. The van der Waals surface area contributed by atoms with Crippen LogP contribution in [0.5, 0.6) is 0 Å². The van der Waals surface area contributed by atoms with Crippen LogP contribution >= 0.6 is 50.5 Å². The molecular weight excluding hydrogens is 419 g/mol. The summed E-state index contributed by atoms with van der Waals surface area (Å²) in [7, 11) is -1.99. The van der Waals surface area contributed by atoms with Gasteiger partial charge in [0.15, 0.2) is 0 Å². The Balaban J connectivity index is 2.40. The van der Waals surface area contributed by atoms with Crippen molar-refractivity contribution in [1.82, 2.24) is 5.32 Å². The van der Waals surface area contributed by atoms with Gasteiger partial charge in [-0.25, -0.2) is 8.42 Å². The molecule has 2 aromatic rings. The molecule has 4 nitrogen and oxygen atoms in total. The lowest BCUT2D eigenvalue weighted by Crippen LogP contribution is -2.16. The molecule has 114 valence electrons. The molecule has 0 bridgehead atoms. The van der Waals surface area contributed by atoms with Gasteiger partial charge in [-0.1, -0.05) is 39.1 Å². The molecule has 2 rings (SSSR count). The first-order chi connectivity index (χ1) is 9.85. The molecule has 2 N–H and O–H groups in total. The molecule has 1 heterocycles. The summed E-state index contributed by atoms with van der Waals surface area (Å²) in [6.07, 6.45) is 0. The number of rotatable bonds is 5. The summed E-state index contributed by atoms with van der Waals surface area (Å²) in [4.78, 5) is 0.936. The minimum atomic E-state index is -3.74. The number of nitrogens with one attached hydrogen (secondary N) is 2. The summed E-state index contributed by atoms with van der Waals surface area (Å²) in [5, 5.41) is 5.12. The number of anilines is 1. The van der Waals surface area contributed by atoms with Crippen LogP contribution in [0.3, 0.4) is 0 Å². The average molecular weight is 430 g/mol. The van der Waals surface area contributed by atoms with E-state index in [1.54, 1.807) is 30.6 Å². The van der Waals surface area contributed by atoms with Gasteiger partial charge < -0.3 is 5.32 Å². The zero-order valence-electron chi connectivity index (χ0n) is 10.8. The van der Waals surface area contributed by atoms with E-state index in [-0.39, 0.29) is 20.6 Å². The van der Waals surface area contributed by atoms with Gasteiger partial charge in [-0.2, -0.15) is 0 Å². The van der Waals surface area contributed by atoms with Crippen molar-refractivity contribution in [2.24, 2.45) is 0 Å². The van der Waals surface area contributed by atoms with Crippen molar-refractivity contribution >= 4 is 66.2 Å². The smallest absolute Gasteiger partial charge is 0.263 e. The van der Waals surface area contributed by atoms with Crippen molar-refractivity contribution in [2.45, 2.75) is 11.4 Å². The second-order valence-electron chi connectivity index (χ2n) is 4.09. The molecule has 0 saturated heterocycles. The number of hydrogen-bond donors (Lipinski definition) is 2. The molecule has 0 fully saturated rings. The summed E-state index contributed by atoms with van der Waals surface area (Å²) < 4.78 is 28.1. The minimum absolute atomic E-state index is 0.170. The van der Waals surface area contributed by atoms with Gasteiger partial charge in [0, 0.05) is 15.9 Å². The average Bonchev–Trinajstić information content (AvgIpc) is 2.83. The highest BCUT2D eigenvalue weighted by Crippen LogP contribution is 2.36. The van der Waals surface area contributed by atoms with E-state index in [1.165, 1.54) is 11.3 Å². The second kappa shape index (κ2) is 6.85. The Kier molecular flexibility index (Phi) is 5.56. The van der Waals surface area contributed by atoms with E-state index in [2.05, 4.69) is 26.0 Å². The van der Waals surface area contributed by atoms with E-state index in [0.29, 0.717) is 15.9 Å². The lowest BCUT2D eigenvalue weighted by molar-refractivity contribution is 0.600. The van der Waals surface area contributed by atoms with Crippen LogP contribution in [0.25, 0.3) is 0 Å². The van der Waals surface area contributed by atoms with Crippen LogP contribution < -0.4 is 10.0 Å². The molecule has 0 atom stereocenters. The molecule has 0 spiro atoms. The van der Waals surface area contributed by atoms with Gasteiger partial charge in [-0.05, 0) is 30.6 Å². The Labute approximate surface area is 145 Å². The third kappa shape index (κ3) is 3.91. The maximum Gasteiger partial charge on any atom is 0.263 e. The number of thiophene rings is 1. The van der Waals surface area contributed by atoms with Crippen LogP contribution in [0.2, 0.25) is 10.0 Å². The highest BCUT2D eigenvalue weighted by molar-refractivity contribution is 9.10. The van der Waals surface area contributed by atoms with Gasteiger partial charge in [0.05, 0.1) is 15.7 Å². The number of sulfonamides is 1.